The number of imidazole rings is 1. The van der Waals surface area contributed by atoms with E-state index in [0.717, 1.165) is 54.4 Å². The molecule has 1 saturated heterocycles. The van der Waals surface area contributed by atoms with Gasteiger partial charge >= 0.3 is 6.18 Å². The molecule has 2 aliphatic heterocycles. The fourth-order valence-corrected chi connectivity index (χ4v) is 4.91. The zero-order chi connectivity index (χ0) is 21.5. The maximum Gasteiger partial charge on any atom is 0.425 e. The molecule has 164 valence electrons. The monoisotopic (exact) mass is 440 g/mol. The number of halogens is 3. The second kappa shape index (κ2) is 8.11. The van der Waals surface area contributed by atoms with E-state index in [4.69, 9.17) is 14.5 Å². The molecule has 0 radical (unpaired) electrons. The van der Waals surface area contributed by atoms with Gasteiger partial charge in [0.25, 0.3) is 0 Å². The molecular weight excluding hydrogens is 413 g/mol. The van der Waals surface area contributed by atoms with Crippen molar-refractivity contribution in [2.45, 2.75) is 69.2 Å². The van der Waals surface area contributed by atoms with Gasteiger partial charge in [-0.3, -0.25) is 0 Å². The van der Waals surface area contributed by atoms with E-state index in [1.807, 2.05) is 18.2 Å². The van der Waals surface area contributed by atoms with Crippen LogP contribution in [-0.2, 0) is 21.4 Å². The van der Waals surface area contributed by atoms with Crippen LogP contribution in [0.1, 0.15) is 45.9 Å². The molecule has 1 atom stereocenters. The van der Waals surface area contributed by atoms with E-state index in [1.165, 1.54) is 18.0 Å². The van der Waals surface area contributed by atoms with Crippen LogP contribution in [0.2, 0.25) is 0 Å². The Labute approximate surface area is 178 Å². The second-order valence-corrected chi connectivity index (χ2v) is 10.3. The van der Waals surface area contributed by atoms with Crippen molar-refractivity contribution in [1.29, 1.82) is 0 Å². The molecule has 1 aromatic heterocycles. The van der Waals surface area contributed by atoms with Crippen molar-refractivity contribution in [2.24, 2.45) is 5.92 Å². The van der Waals surface area contributed by atoms with Crippen LogP contribution in [0.3, 0.4) is 0 Å². The van der Waals surface area contributed by atoms with Gasteiger partial charge in [-0.15, -0.1) is 0 Å². The normalized spacial score (nSPS) is 21.1. The topological polar surface area (TPSA) is 36.3 Å². The van der Waals surface area contributed by atoms with Gasteiger partial charge in [-0.2, -0.15) is 13.2 Å². The summed E-state index contributed by atoms with van der Waals surface area (Å²) >= 11 is 1.31. The SMILES string of the molecule is CC(C)(C)c1nc2cc(SC3=COC(C(F)(F)F)C3)ccc2n1CC1CCOCC1. The molecular formula is C22H27F3N2O2S. The van der Waals surface area contributed by atoms with Crippen molar-refractivity contribution in [3.05, 3.63) is 35.2 Å². The van der Waals surface area contributed by atoms with E-state index in [0.29, 0.717) is 10.8 Å². The van der Waals surface area contributed by atoms with Gasteiger partial charge in [-0.1, -0.05) is 32.5 Å². The number of ether oxygens (including phenoxy) is 2. The number of hydrogen-bond acceptors (Lipinski definition) is 4. The second-order valence-electron chi connectivity index (χ2n) is 9.06. The molecule has 0 aliphatic carbocycles. The van der Waals surface area contributed by atoms with Gasteiger partial charge in [-0.05, 0) is 37.0 Å². The van der Waals surface area contributed by atoms with Gasteiger partial charge in [0.05, 0.1) is 17.3 Å². The lowest BCUT2D eigenvalue weighted by Gasteiger charge is -2.26. The van der Waals surface area contributed by atoms with E-state index < -0.39 is 12.3 Å². The zero-order valence-corrected chi connectivity index (χ0v) is 18.3. The standard InChI is InChI=1S/C22H27F3N2O2S/c1-21(2,3)20-26-17-10-15(30-16-11-19(29-13-16)22(23,24)25)4-5-18(17)27(20)12-14-6-8-28-9-7-14/h4-5,10,13-14,19H,6-9,11-12H2,1-3H3. The predicted octanol–water partition coefficient (Wildman–Crippen LogP) is 6.05. The zero-order valence-electron chi connectivity index (χ0n) is 17.5. The number of aromatic nitrogens is 2. The Hall–Kier alpha value is -1.67. The highest BCUT2D eigenvalue weighted by Gasteiger charge is 2.44. The van der Waals surface area contributed by atoms with Crippen molar-refractivity contribution in [1.82, 2.24) is 9.55 Å². The molecule has 0 saturated carbocycles. The summed E-state index contributed by atoms with van der Waals surface area (Å²) in [5.74, 6) is 1.60. The first-order valence-corrected chi connectivity index (χ1v) is 11.1. The van der Waals surface area contributed by atoms with Gasteiger partial charge in [0.1, 0.15) is 5.82 Å². The Kier molecular flexibility index (Phi) is 5.83. The maximum absolute atomic E-state index is 12.8. The largest absolute Gasteiger partial charge is 0.487 e. The number of alkyl halides is 3. The van der Waals surface area contributed by atoms with Gasteiger partial charge in [0, 0.05) is 41.4 Å². The molecule has 0 bridgehead atoms. The maximum atomic E-state index is 12.8. The summed E-state index contributed by atoms with van der Waals surface area (Å²) in [7, 11) is 0. The molecule has 1 fully saturated rings. The van der Waals surface area contributed by atoms with E-state index in [-0.39, 0.29) is 11.8 Å². The first-order chi connectivity index (χ1) is 14.1. The first-order valence-electron chi connectivity index (χ1n) is 10.3. The van der Waals surface area contributed by atoms with E-state index in [9.17, 15) is 13.2 Å². The highest BCUT2D eigenvalue weighted by molar-refractivity contribution is 8.03. The molecule has 0 amide bonds. The summed E-state index contributed by atoms with van der Waals surface area (Å²) in [6, 6.07) is 5.97. The number of rotatable bonds is 4. The van der Waals surface area contributed by atoms with Gasteiger partial charge < -0.3 is 14.0 Å². The van der Waals surface area contributed by atoms with Gasteiger partial charge in [0.15, 0.2) is 6.10 Å². The van der Waals surface area contributed by atoms with E-state index in [2.05, 4.69) is 25.3 Å². The van der Waals surface area contributed by atoms with Crippen LogP contribution in [0.4, 0.5) is 13.2 Å². The minimum absolute atomic E-state index is 0.112. The summed E-state index contributed by atoms with van der Waals surface area (Å²) in [6.07, 6.45) is -2.89. The molecule has 4 nitrogen and oxygen atoms in total. The predicted molar refractivity (Wildman–Crippen MR) is 111 cm³/mol. The van der Waals surface area contributed by atoms with Crippen LogP contribution < -0.4 is 0 Å². The van der Waals surface area contributed by atoms with Gasteiger partial charge in [-0.25, -0.2) is 4.98 Å². The molecule has 2 aliphatic rings. The third kappa shape index (κ3) is 4.64. The molecule has 30 heavy (non-hydrogen) atoms. The molecule has 1 aromatic carbocycles. The molecule has 0 N–H and O–H groups in total. The molecule has 3 heterocycles. The summed E-state index contributed by atoms with van der Waals surface area (Å²) in [5, 5.41) is 0. The van der Waals surface area contributed by atoms with Crippen molar-refractivity contribution in [3.8, 4) is 0 Å². The van der Waals surface area contributed by atoms with Crippen molar-refractivity contribution < 1.29 is 22.6 Å². The summed E-state index contributed by atoms with van der Waals surface area (Å²) in [4.78, 5) is 6.38. The van der Waals surface area contributed by atoms with Crippen molar-refractivity contribution in [3.63, 3.8) is 0 Å². The summed E-state index contributed by atoms with van der Waals surface area (Å²) < 4.78 is 51.2. The number of thioether (sulfide) groups is 1. The molecule has 4 rings (SSSR count). The highest BCUT2D eigenvalue weighted by atomic mass is 32.2. The fraction of sp³-hybridized carbons (Fsp3) is 0.591. The van der Waals surface area contributed by atoms with Crippen molar-refractivity contribution >= 4 is 22.8 Å². The number of nitrogens with zero attached hydrogens (tertiary/aromatic N) is 2. The summed E-state index contributed by atoms with van der Waals surface area (Å²) in [5.41, 5.74) is 1.84. The molecule has 8 heteroatoms. The van der Waals surface area contributed by atoms with Crippen LogP contribution in [0.15, 0.2) is 34.3 Å². The van der Waals surface area contributed by atoms with Crippen LogP contribution in [0.5, 0.6) is 0 Å². The lowest BCUT2D eigenvalue weighted by molar-refractivity contribution is -0.199. The molecule has 1 unspecified atom stereocenters. The average Bonchev–Trinajstić information content (AvgIpc) is 3.27. The van der Waals surface area contributed by atoms with Crippen LogP contribution in [0, 0.1) is 5.92 Å². The first kappa shape index (κ1) is 21.6. The Morgan fingerprint density at radius 2 is 1.90 bits per heavy atom. The van der Waals surface area contributed by atoms with E-state index in [1.54, 1.807) is 0 Å². The molecule has 2 aromatic rings. The minimum Gasteiger partial charge on any atom is -0.487 e. The molecule has 0 spiro atoms. The van der Waals surface area contributed by atoms with Gasteiger partial charge in [0.2, 0.25) is 0 Å². The lowest BCUT2D eigenvalue weighted by Crippen LogP contribution is -2.27. The summed E-state index contributed by atoms with van der Waals surface area (Å²) in [6.45, 7) is 8.98. The smallest absolute Gasteiger partial charge is 0.425 e. The minimum atomic E-state index is -4.34. The lowest BCUT2D eigenvalue weighted by atomic mass is 9.94. The number of fused-ring (bicyclic) bond motifs is 1. The Morgan fingerprint density at radius 1 is 1.17 bits per heavy atom. The average molecular weight is 441 g/mol. The highest BCUT2D eigenvalue weighted by Crippen LogP contribution is 2.40. The fourth-order valence-electron chi connectivity index (χ4n) is 3.96. The third-order valence-corrected chi connectivity index (χ3v) is 6.55. The van der Waals surface area contributed by atoms with Crippen LogP contribution in [-0.4, -0.2) is 35.0 Å². The third-order valence-electron chi connectivity index (χ3n) is 5.54. The number of hydrogen-bond donors (Lipinski definition) is 0. The van der Waals surface area contributed by atoms with Crippen LogP contribution in [0.25, 0.3) is 11.0 Å². The Morgan fingerprint density at radius 3 is 2.53 bits per heavy atom. The quantitative estimate of drug-likeness (QED) is 0.580. The van der Waals surface area contributed by atoms with E-state index >= 15 is 0 Å². The Bertz CT molecular complexity index is 940. The van der Waals surface area contributed by atoms with Crippen molar-refractivity contribution in [2.75, 3.05) is 13.2 Å². The van der Waals surface area contributed by atoms with Crippen LogP contribution >= 0.6 is 11.8 Å². The Balaban J connectivity index is 1.58. The number of benzene rings is 1.